The maximum Gasteiger partial charge on any atom is 0.306 e. The van der Waals surface area contributed by atoms with Crippen LogP contribution in [0.3, 0.4) is 0 Å². The minimum absolute atomic E-state index is 0.159. The molecule has 0 saturated carbocycles. The van der Waals surface area contributed by atoms with Gasteiger partial charge < -0.3 is 10.5 Å². The lowest BCUT2D eigenvalue weighted by Crippen LogP contribution is -2.30. The van der Waals surface area contributed by atoms with E-state index < -0.39 is 18.0 Å². The molecule has 2 heterocycles. The number of amides is 1. The molecule has 0 aliphatic heterocycles. The van der Waals surface area contributed by atoms with Crippen LogP contribution in [0.15, 0.2) is 6.07 Å². The fraction of sp³-hybridized carbons (Fsp3) is 0.467. The summed E-state index contributed by atoms with van der Waals surface area (Å²) in [4.78, 5) is 27.1. The molecule has 0 aromatic carbocycles. The van der Waals surface area contributed by atoms with Crippen LogP contribution in [0.5, 0.6) is 0 Å². The number of carbonyl (C=O) groups is 2. The predicted octanol–water partition coefficient (Wildman–Crippen LogP) is 1.00. The monoisotopic (exact) mass is 304 g/mol. The highest BCUT2D eigenvalue weighted by molar-refractivity contribution is 5.81. The summed E-state index contributed by atoms with van der Waals surface area (Å²) in [5.41, 5.74) is 9.52. The Labute approximate surface area is 128 Å². The summed E-state index contributed by atoms with van der Waals surface area (Å²) in [5.74, 6) is -1.11. The van der Waals surface area contributed by atoms with E-state index in [0.29, 0.717) is 6.42 Å². The zero-order chi connectivity index (χ0) is 16.4. The van der Waals surface area contributed by atoms with Crippen molar-refractivity contribution in [2.24, 2.45) is 5.73 Å². The van der Waals surface area contributed by atoms with Gasteiger partial charge in [-0.05, 0) is 39.7 Å². The fourth-order valence-corrected chi connectivity index (χ4v) is 2.34. The zero-order valence-corrected chi connectivity index (χ0v) is 13.2. The zero-order valence-electron chi connectivity index (χ0n) is 13.2. The Kier molecular flexibility index (Phi) is 4.44. The molecule has 0 bridgehead atoms. The number of nitrogens with two attached hydrogens (primary N) is 1. The highest BCUT2D eigenvalue weighted by atomic mass is 16.5. The van der Waals surface area contributed by atoms with Gasteiger partial charge in [0.25, 0.3) is 5.91 Å². The molecule has 0 saturated heterocycles. The van der Waals surface area contributed by atoms with Gasteiger partial charge in [-0.15, -0.1) is 0 Å². The van der Waals surface area contributed by atoms with Gasteiger partial charge in [-0.3, -0.25) is 9.59 Å². The van der Waals surface area contributed by atoms with Gasteiger partial charge in [0.1, 0.15) is 0 Å². The Morgan fingerprint density at radius 2 is 2.05 bits per heavy atom. The van der Waals surface area contributed by atoms with E-state index in [1.54, 1.807) is 4.52 Å². The van der Waals surface area contributed by atoms with Crippen molar-refractivity contribution >= 4 is 17.5 Å². The molecular weight excluding hydrogens is 284 g/mol. The van der Waals surface area contributed by atoms with Crippen LogP contribution in [-0.2, 0) is 20.7 Å². The molecule has 1 amide bonds. The van der Waals surface area contributed by atoms with E-state index in [1.165, 1.54) is 6.92 Å². The average Bonchev–Trinajstić information content (AvgIpc) is 2.78. The average molecular weight is 304 g/mol. The standard InChI is InChI=1S/C15H20N4O3/c1-8-7-13-17-9(2)12(10(3)19(13)18-8)5-6-14(20)22-11(4)15(16)21/h7,11H,5-6H2,1-4H3,(H2,16,21). The molecule has 2 N–H and O–H groups in total. The number of ether oxygens (including phenoxy) is 1. The molecular formula is C15H20N4O3. The quantitative estimate of drug-likeness (QED) is 0.831. The predicted molar refractivity (Wildman–Crippen MR) is 80.3 cm³/mol. The van der Waals surface area contributed by atoms with Crippen molar-refractivity contribution < 1.29 is 14.3 Å². The summed E-state index contributed by atoms with van der Waals surface area (Å²) in [6.45, 7) is 7.21. The van der Waals surface area contributed by atoms with E-state index in [-0.39, 0.29) is 6.42 Å². The smallest absolute Gasteiger partial charge is 0.306 e. The molecule has 7 nitrogen and oxygen atoms in total. The summed E-state index contributed by atoms with van der Waals surface area (Å²) < 4.78 is 6.72. The highest BCUT2D eigenvalue weighted by Crippen LogP contribution is 2.17. The minimum Gasteiger partial charge on any atom is -0.453 e. The third kappa shape index (κ3) is 3.24. The number of esters is 1. The molecule has 2 aromatic rings. The number of nitrogens with zero attached hydrogens (tertiary/aromatic N) is 3. The van der Waals surface area contributed by atoms with Crippen molar-refractivity contribution in [3.05, 3.63) is 28.7 Å². The van der Waals surface area contributed by atoms with Gasteiger partial charge in [0, 0.05) is 23.9 Å². The van der Waals surface area contributed by atoms with E-state index in [9.17, 15) is 9.59 Å². The normalized spacial score (nSPS) is 12.4. The van der Waals surface area contributed by atoms with Crippen molar-refractivity contribution in [3.63, 3.8) is 0 Å². The maximum atomic E-state index is 11.7. The second kappa shape index (κ2) is 6.13. The molecule has 118 valence electrons. The van der Waals surface area contributed by atoms with Crippen LogP contribution in [0.1, 0.15) is 36.0 Å². The van der Waals surface area contributed by atoms with Crippen LogP contribution < -0.4 is 5.73 Å². The first-order valence-corrected chi connectivity index (χ1v) is 7.11. The Morgan fingerprint density at radius 1 is 1.36 bits per heavy atom. The third-order valence-electron chi connectivity index (χ3n) is 3.57. The number of rotatable bonds is 5. The molecule has 7 heteroatoms. The summed E-state index contributed by atoms with van der Waals surface area (Å²) in [7, 11) is 0. The number of carbonyl (C=O) groups excluding carboxylic acids is 2. The van der Waals surface area contributed by atoms with E-state index >= 15 is 0 Å². The van der Waals surface area contributed by atoms with Gasteiger partial charge in [0.2, 0.25) is 0 Å². The third-order valence-corrected chi connectivity index (χ3v) is 3.57. The molecule has 1 unspecified atom stereocenters. The van der Waals surface area contributed by atoms with E-state index in [1.807, 2.05) is 26.8 Å². The molecule has 0 aliphatic rings. The van der Waals surface area contributed by atoms with Gasteiger partial charge >= 0.3 is 5.97 Å². The Bertz CT molecular complexity index is 736. The second-order valence-corrected chi connectivity index (χ2v) is 5.35. The van der Waals surface area contributed by atoms with Crippen LogP contribution >= 0.6 is 0 Å². The lowest BCUT2D eigenvalue weighted by molar-refractivity contribution is -0.153. The van der Waals surface area contributed by atoms with Crippen molar-refractivity contribution in [2.75, 3.05) is 0 Å². The molecule has 0 radical (unpaired) electrons. The number of aromatic nitrogens is 3. The summed E-state index contributed by atoms with van der Waals surface area (Å²) in [6, 6.07) is 1.91. The van der Waals surface area contributed by atoms with Crippen molar-refractivity contribution in [3.8, 4) is 0 Å². The Balaban J connectivity index is 2.14. The fourth-order valence-electron chi connectivity index (χ4n) is 2.34. The summed E-state index contributed by atoms with van der Waals surface area (Å²) in [6.07, 6.45) is -0.277. The lowest BCUT2D eigenvalue weighted by Gasteiger charge is -2.12. The van der Waals surface area contributed by atoms with Crippen LogP contribution in [-0.4, -0.2) is 32.6 Å². The molecule has 0 fully saturated rings. The first kappa shape index (κ1) is 15.9. The SMILES string of the molecule is Cc1cc2nc(C)c(CCC(=O)OC(C)C(N)=O)c(C)n2n1. The van der Waals surface area contributed by atoms with E-state index in [0.717, 1.165) is 28.3 Å². The second-order valence-electron chi connectivity index (χ2n) is 5.35. The van der Waals surface area contributed by atoms with Crippen molar-refractivity contribution in [2.45, 2.75) is 46.6 Å². The van der Waals surface area contributed by atoms with E-state index in [2.05, 4.69) is 10.1 Å². The van der Waals surface area contributed by atoms with Gasteiger partial charge in [0.15, 0.2) is 11.8 Å². The number of aryl methyl sites for hydroxylation is 3. The van der Waals surface area contributed by atoms with Gasteiger partial charge in [-0.2, -0.15) is 5.10 Å². The maximum absolute atomic E-state index is 11.7. The largest absolute Gasteiger partial charge is 0.453 e. The lowest BCUT2D eigenvalue weighted by atomic mass is 10.1. The van der Waals surface area contributed by atoms with Gasteiger partial charge in [0.05, 0.1) is 5.69 Å². The first-order chi connectivity index (χ1) is 10.3. The number of hydrogen-bond donors (Lipinski definition) is 1. The molecule has 22 heavy (non-hydrogen) atoms. The molecule has 2 aromatic heterocycles. The number of fused-ring (bicyclic) bond motifs is 1. The van der Waals surface area contributed by atoms with Gasteiger partial charge in [-0.25, -0.2) is 9.50 Å². The van der Waals surface area contributed by atoms with E-state index in [4.69, 9.17) is 10.5 Å². The van der Waals surface area contributed by atoms with Crippen LogP contribution in [0, 0.1) is 20.8 Å². The Hall–Kier alpha value is -2.44. The first-order valence-electron chi connectivity index (χ1n) is 7.11. The topological polar surface area (TPSA) is 99.6 Å². The molecule has 0 aliphatic carbocycles. The molecule has 0 spiro atoms. The van der Waals surface area contributed by atoms with Crippen molar-refractivity contribution in [1.82, 2.24) is 14.6 Å². The van der Waals surface area contributed by atoms with Gasteiger partial charge in [-0.1, -0.05) is 0 Å². The minimum atomic E-state index is -0.913. The molecule has 2 rings (SSSR count). The number of hydrogen-bond acceptors (Lipinski definition) is 5. The molecule has 1 atom stereocenters. The summed E-state index contributed by atoms with van der Waals surface area (Å²) in [5, 5.41) is 4.39. The summed E-state index contributed by atoms with van der Waals surface area (Å²) >= 11 is 0. The van der Waals surface area contributed by atoms with Crippen LogP contribution in [0.4, 0.5) is 0 Å². The van der Waals surface area contributed by atoms with Crippen LogP contribution in [0.2, 0.25) is 0 Å². The highest BCUT2D eigenvalue weighted by Gasteiger charge is 2.16. The van der Waals surface area contributed by atoms with Crippen LogP contribution in [0.25, 0.3) is 5.65 Å². The van der Waals surface area contributed by atoms with Crippen molar-refractivity contribution in [1.29, 1.82) is 0 Å². The number of primary amides is 1. The Morgan fingerprint density at radius 3 is 2.68 bits per heavy atom.